The first-order chi connectivity index (χ1) is 13.8. The number of rotatable bonds is 5. The number of nitrogens with zero attached hydrogens (tertiary/aromatic N) is 1. The summed E-state index contributed by atoms with van der Waals surface area (Å²) < 4.78 is 33.5. The van der Waals surface area contributed by atoms with Gasteiger partial charge in [0.15, 0.2) is 11.6 Å². The van der Waals surface area contributed by atoms with Crippen LogP contribution in [-0.4, -0.2) is 28.2 Å². The fourth-order valence-electron chi connectivity index (χ4n) is 3.44. The van der Waals surface area contributed by atoms with Gasteiger partial charge in [-0.15, -0.1) is 0 Å². The minimum atomic E-state index is -1.13. The molecule has 0 spiro atoms. The van der Waals surface area contributed by atoms with Gasteiger partial charge in [-0.05, 0) is 62.2 Å². The Morgan fingerprint density at radius 1 is 1.14 bits per heavy atom. The molecule has 1 unspecified atom stereocenters. The number of phenolic OH excluding ortho intramolecular Hbond substituents is 1. The fraction of sp³-hybridized carbons (Fsp3) is 0.273. The Kier molecular flexibility index (Phi) is 5.68. The van der Waals surface area contributed by atoms with Gasteiger partial charge in [0.25, 0.3) is 5.91 Å². The van der Waals surface area contributed by atoms with Crippen LogP contribution in [0.3, 0.4) is 0 Å². The molecule has 152 valence electrons. The van der Waals surface area contributed by atoms with Gasteiger partial charge in [0.2, 0.25) is 0 Å². The molecule has 0 aliphatic heterocycles. The summed E-state index contributed by atoms with van der Waals surface area (Å²) in [4.78, 5) is 25.5. The van der Waals surface area contributed by atoms with Gasteiger partial charge in [0.1, 0.15) is 5.75 Å². The average Bonchev–Trinajstić information content (AvgIpc) is 2.97. The Morgan fingerprint density at radius 3 is 2.52 bits per heavy atom. The molecule has 1 aromatic heterocycles. The average molecular weight is 401 g/mol. The van der Waals surface area contributed by atoms with Gasteiger partial charge in [-0.1, -0.05) is 6.92 Å². The van der Waals surface area contributed by atoms with Crippen molar-refractivity contribution in [2.75, 3.05) is 6.61 Å². The van der Waals surface area contributed by atoms with Crippen LogP contribution < -0.4 is 0 Å². The third-order valence-corrected chi connectivity index (χ3v) is 4.84. The Labute approximate surface area is 166 Å². The summed E-state index contributed by atoms with van der Waals surface area (Å²) in [5.41, 5.74) is 1.40. The van der Waals surface area contributed by atoms with Crippen molar-refractivity contribution in [3.05, 3.63) is 64.9 Å². The van der Waals surface area contributed by atoms with Gasteiger partial charge in [-0.2, -0.15) is 0 Å². The molecular formula is C22H21F2NO4. The SMILES string of the molecule is CCCOC(=O)C(C)c1c(C)n(C(=O)c2ccc(F)c(F)c2)c2ccc(O)cc12. The van der Waals surface area contributed by atoms with Crippen molar-refractivity contribution in [3.8, 4) is 5.75 Å². The van der Waals surface area contributed by atoms with Gasteiger partial charge >= 0.3 is 5.97 Å². The standard InChI is InChI=1S/C22H21F2NO4/c1-4-9-29-22(28)12(2)20-13(3)25(19-8-6-15(26)11-16(19)20)21(27)14-5-7-17(23)18(24)10-14/h5-8,10-12,26H,4,9H2,1-3H3. The predicted octanol–water partition coefficient (Wildman–Crippen LogP) is 4.68. The van der Waals surface area contributed by atoms with Gasteiger partial charge in [-0.3, -0.25) is 14.2 Å². The maximum atomic E-state index is 13.6. The van der Waals surface area contributed by atoms with Crippen LogP contribution in [0.2, 0.25) is 0 Å². The normalized spacial score (nSPS) is 12.2. The number of carbonyl (C=O) groups excluding carboxylic acids is 2. The van der Waals surface area contributed by atoms with Crippen LogP contribution >= 0.6 is 0 Å². The second-order valence-electron chi connectivity index (χ2n) is 6.86. The summed E-state index contributed by atoms with van der Waals surface area (Å²) in [6.45, 7) is 5.48. The molecule has 5 nitrogen and oxygen atoms in total. The third-order valence-electron chi connectivity index (χ3n) is 4.84. The highest BCUT2D eigenvalue weighted by Crippen LogP contribution is 2.35. The summed E-state index contributed by atoms with van der Waals surface area (Å²) in [6, 6.07) is 7.36. The number of fused-ring (bicyclic) bond motifs is 1. The van der Waals surface area contributed by atoms with E-state index in [9.17, 15) is 23.5 Å². The Balaban J connectivity index is 2.18. The van der Waals surface area contributed by atoms with Crippen molar-refractivity contribution >= 4 is 22.8 Å². The van der Waals surface area contributed by atoms with E-state index in [1.807, 2.05) is 6.92 Å². The van der Waals surface area contributed by atoms with Crippen LogP contribution in [0.4, 0.5) is 8.78 Å². The minimum absolute atomic E-state index is 0.0229. The molecule has 1 N–H and O–H groups in total. The van der Waals surface area contributed by atoms with Crippen LogP contribution in [-0.2, 0) is 9.53 Å². The zero-order chi connectivity index (χ0) is 21.3. The van der Waals surface area contributed by atoms with E-state index in [2.05, 4.69) is 0 Å². The van der Waals surface area contributed by atoms with Gasteiger partial charge < -0.3 is 9.84 Å². The molecule has 0 saturated heterocycles. The van der Waals surface area contributed by atoms with Crippen LogP contribution in [0.5, 0.6) is 5.75 Å². The van der Waals surface area contributed by atoms with E-state index in [4.69, 9.17) is 4.74 Å². The summed E-state index contributed by atoms with van der Waals surface area (Å²) in [6.07, 6.45) is 0.675. The first-order valence-electron chi connectivity index (χ1n) is 9.26. The number of aromatic nitrogens is 1. The first kappa shape index (κ1) is 20.5. The number of carbonyl (C=O) groups is 2. The largest absolute Gasteiger partial charge is 0.508 e. The molecule has 0 aliphatic carbocycles. The van der Waals surface area contributed by atoms with E-state index in [-0.39, 0.29) is 17.9 Å². The molecule has 7 heteroatoms. The molecule has 0 fully saturated rings. The van der Waals surface area contributed by atoms with Gasteiger partial charge in [0, 0.05) is 16.6 Å². The number of hydrogen-bond acceptors (Lipinski definition) is 4. The lowest BCUT2D eigenvalue weighted by Gasteiger charge is -2.13. The van der Waals surface area contributed by atoms with Crippen molar-refractivity contribution in [2.24, 2.45) is 0 Å². The Bertz CT molecular complexity index is 1100. The van der Waals surface area contributed by atoms with Crippen LogP contribution in [0.25, 0.3) is 10.9 Å². The highest BCUT2D eigenvalue weighted by molar-refractivity contribution is 6.05. The van der Waals surface area contributed by atoms with Crippen LogP contribution in [0.15, 0.2) is 36.4 Å². The van der Waals surface area contributed by atoms with Crippen molar-refractivity contribution in [3.63, 3.8) is 0 Å². The maximum absolute atomic E-state index is 13.6. The van der Waals surface area contributed by atoms with E-state index >= 15 is 0 Å². The highest BCUT2D eigenvalue weighted by atomic mass is 19.2. The van der Waals surface area contributed by atoms with Gasteiger partial charge in [-0.25, -0.2) is 8.78 Å². The summed E-state index contributed by atoms with van der Waals surface area (Å²) in [5, 5.41) is 10.5. The number of hydrogen-bond donors (Lipinski definition) is 1. The molecule has 0 saturated carbocycles. The molecule has 0 aliphatic rings. The second kappa shape index (κ2) is 8.03. The molecule has 29 heavy (non-hydrogen) atoms. The minimum Gasteiger partial charge on any atom is -0.508 e. The zero-order valence-corrected chi connectivity index (χ0v) is 16.3. The molecule has 0 amide bonds. The smallest absolute Gasteiger partial charge is 0.313 e. The Morgan fingerprint density at radius 2 is 1.86 bits per heavy atom. The summed E-state index contributed by atoms with van der Waals surface area (Å²) >= 11 is 0. The second-order valence-corrected chi connectivity index (χ2v) is 6.86. The number of halogens is 2. The number of phenols is 1. The van der Waals surface area contributed by atoms with Crippen LogP contribution in [0.1, 0.15) is 47.8 Å². The molecule has 1 atom stereocenters. The monoisotopic (exact) mass is 401 g/mol. The quantitative estimate of drug-likeness (QED) is 0.631. The Hall–Kier alpha value is -3.22. The zero-order valence-electron chi connectivity index (χ0n) is 16.3. The molecule has 3 aromatic rings. The summed E-state index contributed by atoms with van der Waals surface area (Å²) in [7, 11) is 0. The summed E-state index contributed by atoms with van der Waals surface area (Å²) in [5.74, 6) is -3.90. The fourth-order valence-corrected chi connectivity index (χ4v) is 3.44. The number of esters is 1. The number of aromatic hydroxyl groups is 1. The molecule has 0 radical (unpaired) electrons. The first-order valence-corrected chi connectivity index (χ1v) is 9.26. The predicted molar refractivity (Wildman–Crippen MR) is 104 cm³/mol. The van der Waals surface area contributed by atoms with E-state index in [0.717, 1.165) is 12.1 Å². The third kappa shape index (κ3) is 3.72. The van der Waals surface area contributed by atoms with Crippen molar-refractivity contribution < 1.29 is 28.2 Å². The molecule has 1 heterocycles. The lowest BCUT2D eigenvalue weighted by Crippen LogP contribution is -2.17. The van der Waals surface area contributed by atoms with E-state index < -0.39 is 29.4 Å². The highest BCUT2D eigenvalue weighted by Gasteiger charge is 2.28. The number of ether oxygens (including phenoxy) is 1. The van der Waals surface area contributed by atoms with Gasteiger partial charge in [0.05, 0.1) is 18.0 Å². The van der Waals surface area contributed by atoms with Crippen molar-refractivity contribution in [1.82, 2.24) is 4.57 Å². The van der Waals surface area contributed by atoms with Crippen LogP contribution in [0, 0.1) is 18.6 Å². The topological polar surface area (TPSA) is 68.5 Å². The maximum Gasteiger partial charge on any atom is 0.313 e. The molecular weight excluding hydrogens is 380 g/mol. The van der Waals surface area contributed by atoms with Crippen molar-refractivity contribution in [2.45, 2.75) is 33.1 Å². The number of benzene rings is 2. The van der Waals surface area contributed by atoms with Crippen molar-refractivity contribution in [1.29, 1.82) is 0 Å². The lowest BCUT2D eigenvalue weighted by atomic mass is 9.98. The molecule has 3 rings (SSSR count). The molecule has 2 aromatic carbocycles. The van der Waals surface area contributed by atoms with E-state index in [1.165, 1.54) is 22.8 Å². The molecule has 0 bridgehead atoms. The van der Waals surface area contributed by atoms with E-state index in [1.54, 1.807) is 19.9 Å². The lowest BCUT2D eigenvalue weighted by molar-refractivity contribution is -0.145. The van der Waals surface area contributed by atoms with E-state index in [0.29, 0.717) is 28.6 Å².